The van der Waals surface area contributed by atoms with Crippen LogP contribution < -0.4 is 9.47 Å². The van der Waals surface area contributed by atoms with Gasteiger partial charge < -0.3 is 18.8 Å². The molecule has 2 aromatic rings. The monoisotopic (exact) mass is 381 g/mol. The van der Waals surface area contributed by atoms with Gasteiger partial charge in [-0.3, -0.25) is 4.79 Å². The Bertz CT molecular complexity index is 952. The van der Waals surface area contributed by atoms with Gasteiger partial charge in [-0.05, 0) is 56.5 Å². The van der Waals surface area contributed by atoms with Gasteiger partial charge in [0.2, 0.25) is 5.78 Å². The van der Waals surface area contributed by atoms with Gasteiger partial charge in [0.15, 0.2) is 18.1 Å². The molecular formula is C22H23NO5. The Kier molecular flexibility index (Phi) is 4.94. The first-order valence-electron chi connectivity index (χ1n) is 9.49. The van der Waals surface area contributed by atoms with Crippen molar-refractivity contribution in [1.29, 1.82) is 0 Å². The fraction of sp³-hybridized carbons (Fsp3) is 0.364. The minimum atomic E-state index is -0.556. The summed E-state index contributed by atoms with van der Waals surface area (Å²) in [5, 5.41) is 0. The van der Waals surface area contributed by atoms with Crippen molar-refractivity contribution in [3.05, 3.63) is 52.9 Å². The second-order valence-corrected chi connectivity index (χ2v) is 7.15. The van der Waals surface area contributed by atoms with E-state index in [1.807, 2.05) is 26.0 Å². The van der Waals surface area contributed by atoms with Crippen LogP contribution in [0.3, 0.4) is 0 Å². The van der Waals surface area contributed by atoms with E-state index in [0.29, 0.717) is 36.3 Å². The second kappa shape index (κ2) is 7.54. The number of fused-ring (bicyclic) bond motifs is 1. The molecule has 0 bridgehead atoms. The van der Waals surface area contributed by atoms with E-state index in [-0.39, 0.29) is 12.4 Å². The van der Waals surface area contributed by atoms with Crippen LogP contribution in [-0.2, 0) is 9.53 Å². The number of esters is 1. The maximum Gasteiger partial charge on any atom is 0.331 e. The summed E-state index contributed by atoms with van der Waals surface area (Å²) >= 11 is 0. The Morgan fingerprint density at radius 2 is 1.89 bits per heavy atom. The lowest BCUT2D eigenvalue weighted by molar-refractivity contribution is -0.136. The molecule has 28 heavy (non-hydrogen) atoms. The molecular weight excluding hydrogens is 358 g/mol. The number of carbonyl (C=O) groups excluding carboxylic acids is 2. The van der Waals surface area contributed by atoms with Gasteiger partial charge in [-0.1, -0.05) is 6.07 Å². The summed E-state index contributed by atoms with van der Waals surface area (Å²) in [5.41, 5.74) is 3.45. The number of nitrogens with zero attached hydrogens (tertiary/aromatic N) is 1. The van der Waals surface area contributed by atoms with Crippen LogP contribution in [0.5, 0.6) is 11.5 Å². The van der Waals surface area contributed by atoms with Crippen molar-refractivity contribution in [3.8, 4) is 11.5 Å². The number of Topliss-reactive ketones (excluding diaryl/α,β-unsaturated/α-hetero) is 1. The zero-order valence-corrected chi connectivity index (χ0v) is 16.1. The van der Waals surface area contributed by atoms with Crippen LogP contribution in [-0.4, -0.2) is 36.1 Å². The Labute approximate surface area is 163 Å². The van der Waals surface area contributed by atoms with Crippen molar-refractivity contribution in [3.63, 3.8) is 0 Å². The van der Waals surface area contributed by atoms with Gasteiger partial charge in [0.05, 0.1) is 0 Å². The molecule has 1 aliphatic carbocycles. The molecule has 1 fully saturated rings. The first-order chi connectivity index (χ1) is 13.5. The molecule has 2 heterocycles. The lowest BCUT2D eigenvalue weighted by atomic mass is 10.1. The number of aryl methyl sites for hydroxylation is 1. The van der Waals surface area contributed by atoms with Gasteiger partial charge in [0.25, 0.3) is 0 Å². The largest absolute Gasteiger partial charge is 0.486 e. The smallest absolute Gasteiger partial charge is 0.331 e. The van der Waals surface area contributed by atoms with Crippen LogP contribution in [0.15, 0.2) is 30.3 Å². The lowest BCUT2D eigenvalue weighted by Gasteiger charge is -2.18. The molecule has 0 amide bonds. The van der Waals surface area contributed by atoms with Crippen molar-refractivity contribution in [1.82, 2.24) is 4.57 Å². The number of ether oxygens (including phenoxy) is 3. The highest BCUT2D eigenvalue weighted by Crippen LogP contribution is 2.38. The zero-order valence-electron chi connectivity index (χ0n) is 16.1. The molecule has 0 saturated heterocycles. The van der Waals surface area contributed by atoms with Crippen molar-refractivity contribution >= 4 is 17.8 Å². The Hall–Kier alpha value is -3.02. The summed E-state index contributed by atoms with van der Waals surface area (Å²) in [5.74, 6) is 0.614. The summed E-state index contributed by atoms with van der Waals surface area (Å²) in [7, 11) is 0. The molecule has 0 unspecified atom stereocenters. The zero-order chi connectivity index (χ0) is 19.7. The Morgan fingerprint density at radius 3 is 2.64 bits per heavy atom. The Morgan fingerprint density at radius 1 is 1.14 bits per heavy atom. The molecule has 1 aromatic heterocycles. The van der Waals surface area contributed by atoms with Crippen LogP contribution in [0, 0.1) is 13.8 Å². The summed E-state index contributed by atoms with van der Waals surface area (Å²) < 4.78 is 18.3. The van der Waals surface area contributed by atoms with Crippen LogP contribution >= 0.6 is 0 Å². The molecule has 0 atom stereocenters. The van der Waals surface area contributed by atoms with Gasteiger partial charge in [-0.2, -0.15) is 0 Å². The van der Waals surface area contributed by atoms with E-state index in [1.165, 1.54) is 6.08 Å². The molecule has 1 saturated carbocycles. The first kappa shape index (κ1) is 18.3. The fourth-order valence-corrected chi connectivity index (χ4v) is 3.54. The molecule has 146 valence electrons. The van der Waals surface area contributed by atoms with Crippen LogP contribution in [0.25, 0.3) is 6.08 Å². The van der Waals surface area contributed by atoms with E-state index in [0.717, 1.165) is 29.8 Å². The highest BCUT2D eigenvalue weighted by atomic mass is 16.6. The molecule has 0 spiro atoms. The number of hydrogen-bond donors (Lipinski definition) is 0. The van der Waals surface area contributed by atoms with Gasteiger partial charge in [0.1, 0.15) is 13.2 Å². The quantitative estimate of drug-likeness (QED) is 0.434. The highest BCUT2D eigenvalue weighted by Gasteiger charge is 2.28. The number of benzene rings is 1. The predicted molar refractivity (Wildman–Crippen MR) is 104 cm³/mol. The molecule has 0 N–H and O–H groups in total. The van der Waals surface area contributed by atoms with Crippen molar-refractivity contribution in [2.24, 2.45) is 0 Å². The van der Waals surface area contributed by atoms with Gasteiger partial charge in [-0.15, -0.1) is 0 Å². The van der Waals surface area contributed by atoms with Crippen LogP contribution in [0.1, 0.15) is 46.2 Å². The summed E-state index contributed by atoms with van der Waals surface area (Å²) in [6, 6.07) is 7.83. The topological polar surface area (TPSA) is 66.8 Å². The minimum absolute atomic E-state index is 0.180. The third kappa shape index (κ3) is 3.81. The van der Waals surface area contributed by atoms with Crippen molar-refractivity contribution in [2.45, 2.75) is 32.7 Å². The molecule has 1 aromatic carbocycles. The average Bonchev–Trinajstić information content (AvgIpc) is 3.48. The maximum atomic E-state index is 12.5. The summed E-state index contributed by atoms with van der Waals surface area (Å²) in [6.45, 7) is 4.73. The van der Waals surface area contributed by atoms with Crippen molar-refractivity contribution in [2.75, 3.05) is 19.8 Å². The third-order valence-electron chi connectivity index (χ3n) is 5.02. The van der Waals surface area contributed by atoms with Gasteiger partial charge in [-0.25, -0.2) is 4.79 Å². The molecule has 2 aliphatic rings. The molecule has 6 heteroatoms. The molecule has 6 nitrogen and oxygen atoms in total. The number of aromatic nitrogens is 1. The van der Waals surface area contributed by atoms with Gasteiger partial charge in [0, 0.05) is 29.1 Å². The maximum absolute atomic E-state index is 12.5. The van der Waals surface area contributed by atoms with Crippen LogP contribution in [0.2, 0.25) is 0 Å². The molecule has 4 rings (SSSR count). The normalized spacial score (nSPS) is 15.6. The van der Waals surface area contributed by atoms with E-state index >= 15 is 0 Å². The fourth-order valence-electron chi connectivity index (χ4n) is 3.54. The predicted octanol–water partition coefficient (Wildman–Crippen LogP) is 3.65. The van der Waals surface area contributed by atoms with Gasteiger partial charge >= 0.3 is 5.97 Å². The lowest BCUT2D eigenvalue weighted by Crippen LogP contribution is -2.15. The highest BCUT2D eigenvalue weighted by molar-refractivity contribution is 6.00. The summed E-state index contributed by atoms with van der Waals surface area (Å²) in [6.07, 6.45) is 5.25. The number of rotatable bonds is 6. The number of carbonyl (C=O) groups is 2. The van der Waals surface area contributed by atoms with E-state index in [1.54, 1.807) is 18.2 Å². The van der Waals surface area contributed by atoms with E-state index in [4.69, 9.17) is 14.2 Å². The summed E-state index contributed by atoms with van der Waals surface area (Å²) in [4.78, 5) is 24.5. The Balaban J connectivity index is 1.35. The number of ketones is 1. The minimum Gasteiger partial charge on any atom is -0.486 e. The molecule has 1 aliphatic heterocycles. The van der Waals surface area contributed by atoms with E-state index < -0.39 is 5.97 Å². The van der Waals surface area contributed by atoms with Crippen LogP contribution in [0.4, 0.5) is 0 Å². The molecule has 0 radical (unpaired) electrons. The van der Waals surface area contributed by atoms with E-state index in [2.05, 4.69) is 4.57 Å². The SMILES string of the molecule is Cc1cc(C(=O)COC(=O)/C=C/c2ccc3c(c2)OCCO3)c(C)n1C1CC1. The first-order valence-corrected chi connectivity index (χ1v) is 9.49. The average molecular weight is 381 g/mol. The standard InChI is InChI=1S/C22H23NO5/c1-14-11-18(15(2)23(14)17-5-6-17)19(24)13-28-22(25)8-4-16-3-7-20-21(12-16)27-10-9-26-20/h3-4,7-8,11-12,17H,5-6,9-10,13H2,1-2H3/b8-4+. The van der Waals surface area contributed by atoms with E-state index in [9.17, 15) is 9.59 Å². The second-order valence-electron chi connectivity index (χ2n) is 7.15. The number of hydrogen-bond acceptors (Lipinski definition) is 5. The third-order valence-corrected chi connectivity index (χ3v) is 5.02. The van der Waals surface area contributed by atoms with Crippen molar-refractivity contribution < 1.29 is 23.8 Å².